The van der Waals surface area contributed by atoms with E-state index in [2.05, 4.69) is 18.0 Å². The van der Waals surface area contributed by atoms with Crippen LogP contribution in [0.15, 0.2) is 28.4 Å². The molecule has 3 heterocycles. The zero-order valence-electron chi connectivity index (χ0n) is 13.2. The fourth-order valence-corrected chi connectivity index (χ4v) is 4.30. The fraction of sp³-hybridized carbons (Fsp3) is 0.412. The first kappa shape index (κ1) is 16.0. The maximum absolute atomic E-state index is 12.6. The molecule has 0 saturated carbocycles. The van der Waals surface area contributed by atoms with Gasteiger partial charge in [0.1, 0.15) is 0 Å². The molecule has 1 saturated heterocycles. The van der Waals surface area contributed by atoms with E-state index in [0.717, 1.165) is 6.42 Å². The summed E-state index contributed by atoms with van der Waals surface area (Å²) in [6.07, 6.45) is 0.157. The van der Waals surface area contributed by atoms with Crippen molar-refractivity contribution in [3.05, 3.63) is 55.6 Å². The number of carbonyl (C=O) groups excluding carboxylic acids is 1. The summed E-state index contributed by atoms with van der Waals surface area (Å²) >= 11 is 1.66. The fourth-order valence-electron chi connectivity index (χ4n) is 3.17. The van der Waals surface area contributed by atoms with Gasteiger partial charge in [-0.05, 0) is 43.3 Å². The van der Waals surface area contributed by atoms with Gasteiger partial charge in [-0.25, -0.2) is 0 Å². The van der Waals surface area contributed by atoms with E-state index in [-0.39, 0.29) is 17.4 Å². The topological polar surface area (TPSA) is 73.4 Å². The Hall–Kier alpha value is -1.92. The Labute approximate surface area is 138 Å². The highest BCUT2D eigenvalue weighted by atomic mass is 32.1. The predicted octanol–water partition coefficient (Wildman–Crippen LogP) is 2.04. The Morgan fingerprint density at radius 3 is 2.78 bits per heavy atom. The molecule has 2 aromatic heterocycles. The molecule has 0 radical (unpaired) electrons. The number of amides is 1. The van der Waals surface area contributed by atoms with Gasteiger partial charge in [0, 0.05) is 41.2 Å². The van der Waals surface area contributed by atoms with E-state index in [4.69, 9.17) is 0 Å². The molecule has 1 fully saturated rings. The van der Waals surface area contributed by atoms with Gasteiger partial charge < -0.3 is 15.0 Å². The second-order valence-corrected chi connectivity index (χ2v) is 7.05. The number of H-pyrrole nitrogens is 1. The third-order valence-corrected chi connectivity index (χ3v) is 5.48. The van der Waals surface area contributed by atoms with Crippen molar-refractivity contribution in [3.63, 3.8) is 0 Å². The van der Waals surface area contributed by atoms with Crippen molar-refractivity contribution in [2.45, 2.75) is 32.3 Å². The van der Waals surface area contributed by atoms with E-state index in [1.165, 1.54) is 16.5 Å². The molecule has 2 N–H and O–H groups in total. The quantitative estimate of drug-likeness (QED) is 0.884. The third kappa shape index (κ3) is 3.23. The number of aryl methyl sites for hydroxylation is 2. The third-order valence-electron chi connectivity index (χ3n) is 4.33. The highest BCUT2D eigenvalue weighted by Gasteiger charge is 2.32. The zero-order chi connectivity index (χ0) is 16.6. The number of aromatic nitrogens is 1. The molecule has 1 amide bonds. The van der Waals surface area contributed by atoms with Crippen LogP contribution in [0.3, 0.4) is 0 Å². The summed E-state index contributed by atoms with van der Waals surface area (Å²) < 4.78 is 0. The number of hydrogen-bond donors (Lipinski definition) is 2. The monoisotopic (exact) mass is 332 g/mol. The second-order valence-electron chi connectivity index (χ2n) is 6.10. The van der Waals surface area contributed by atoms with E-state index in [1.54, 1.807) is 29.2 Å². The van der Waals surface area contributed by atoms with Crippen LogP contribution in [0.1, 0.15) is 38.8 Å². The number of aliphatic hydroxyl groups is 1. The summed E-state index contributed by atoms with van der Waals surface area (Å²) in [7, 11) is 0. The molecular weight excluding hydrogens is 312 g/mol. The number of nitrogens with zero attached hydrogens (tertiary/aromatic N) is 1. The number of carbonyl (C=O) groups is 1. The largest absolute Gasteiger partial charge is 0.391 e. The molecule has 6 heteroatoms. The number of piperidine rings is 1. The molecule has 5 nitrogen and oxygen atoms in total. The van der Waals surface area contributed by atoms with Crippen LogP contribution >= 0.6 is 11.3 Å². The first-order chi connectivity index (χ1) is 11.0. The van der Waals surface area contributed by atoms with Gasteiger partial charge in [-0.3, -0.25) is 9.59 Å². The Kier molecular flexibility index (Phi) is 4.37. The summed E-state index contributed by atoms with van der Waals surface area (Å²) in [6.45, 7) is 4.68. The smallest absolute Gasteiger partial charge is 0.254 e. The number of aliphatic hydroxyl groups excluding tert-OH is 1. The summed E-state index contributed by atoms with van der Waals surface area (Å²) in [4.78, 5) is 29.6. The lowest BCUT2D eigenvalue weighted by Crippen LogP contribution is -2.45. The predicted molar refractivity (Wildman–Crippen MR) is 90.1 cm³/mol. The lowest BCUT2D eigenvalue weighted by atomic mass is 9.90. The van der Waals surface area contributed by atoms with Crippen molar-refractivity contribution in [1.82, 2.24) is 9.88 Å². The molecule has 2 aromatic rings. The number of pyridine rings is 1. The minimum absolute atomic E-state index is 0.0833. The molecule has 3 rings (SSSR count). The number of likely N-dealkylation sites (tertiary alicyclic amines) is 1. The molecule has 2 atom stereocenters. The second kappa shape index (κ2) is 6.29. The van der Waals surface area contributed by atoms with E-state index in [1.807, 2.05) is 5.38 Å². The minimum atomic E-state index is -0.576. The standard InChI is InChI=1S/C17H20N2O3S/c1-10-4-6-23-16(10)13-3-5-19(9-14(13)20)17(22)12-7-11(2)18-15(21)8-12/h4,6-8,13-14,20H,3,5,9H2,1-2H3,(H,18,21)/t13-,14-/m0/s1. The zero-order valence-corrected chi connectivity index (χ0v) is 14.0. The number of rotatable bonds is 2. The maximum Gasteiger partial charge on any atom is 0.254 e. The van der Waals surface area contributed by atoms with Crippen LogP contribution < -0.4 is 5.56 Å². The highest BCUT2D eigenvalue weighted by Crippen LogP contribution is 2.34. The van der Waals surface area contributed by atoms with Crippen molar-refractivity contribution in [2.24, 2.45) is 0 Å². The SMILES string of the molecule is Cc1cc(C(=O)N2CC[C@H](c3sccc3C)[C@@H](O)C2)cc(=O)[nH]1. The van der Waals surface area contributed by atoms with Gasteiger partial charge in [0.05, 0.1) is 6.10 Å². The van der Waals surface area contributed by atoms with Crippen LogP contribution in [-0.2, 0) is 0 Å². The normalized spacial score (nSPS) is 21.4. The molecule has 1 aliphatic heterocycles. The molecule has 0 aromatic carbocycles. The average Bonchev–Trinajstić information content (AvgIpc) is 2.91. The van der Waals surface area contributed by atoms with E-state index in [9.17, 15) is 14.7 Å². The summed E-state index contributed by atoms with van der Waals surface area (Å²) in [6, 6.07) is 5.05. The van der Waals surface area contributed by atoms with Gasteiger partial charge in [0.15, 0.2) is 0 Å². The lowest BCUT2D eigenvalue weighted by molar-refractivity contribution is 0.0386. The highest BCUT2D eigenvalue weighted by molar-refractivity contribution is 7.10. The molecule has 0 unspecified atom stereocenters. The average molecular weight is 332 g/mol. The van der Waals surface area contributed by atoms with Gasteiger partial charge >= 0.3 is 0 Å². The first-order valence-electron chi connectivity index (χ1n) is 7.68. The Bertz CT molecular complexity index is 780. The molecule has 0 bridgehead atoms. The molecular formula is C17H20N2O3S. The van der Waals surface area contributed by atoms with E-state index >= 15 is 0 Å². The Morgan fingerprint density at radius 2 is 2.17 bits per heavy atom. The molecule has 1 aliphatic rings. The van der Waals surface area contributed by atoms with Crippen molar-refractivity contribution in [1.29, 1.82) is 0 Å². The molecule has 122 valence electrons. The van der Waals surface area contributed by atoms with Crippen LogP contribution in [0.4, 0.5) is 0 Å². The van der Waals surface area contributed by atoms with Crippen molar-refractivity contribution < 1.29 is 9.90 Å². The number of aromatic amines is 1. The Balaban J connectivity index is 1.76. The van der Waals surface area contributed by atoms with E-state index in [0.29, 0.717) is 24.3 Å². The van der Waals surface area contributed by atoms with Gasteiger partial charge in [-0.1, -0.05) is 0 Å². The van der Waals surface area contributed by atoms with Gasteiger partial charge in [-0.15, -0.1) is 11.3 Å². The number of thiophene rings is 1. The maximum atomic E-state index is 12.6. The lowest BCUT2D eigenvalue weighted by Gasteiger charge is -2.36. The summed E-state index contributed by atoms with van der Waals surface area (Å²) in [5, 5.41) is 12.5. The minimum Gasteiger partial charge on any atom is -0.391 e. The van der Waals surface area contributed by atoms with Gasteiger partial charge in [0.25, 0.3) is 5.91 Å². The first-order valence-corrected chi connectivity index (χ1v) is 8.56. The van der Waals surface area contributed by atoms with Crippen molar-refractivity contribution >= 4 is 17.2 Å². The molecule has 0 aliphatic carbocycles. The number of β-amino-alcohol motifs (C(OH)–C–C–N with tert-alkyl or cyclic N) is 1. The van der Waals surface area contributed by atoms with E-state index < -0.39 is 6.10 Å². The van der Waals surface area contributed by atoms with Crippen LogP contribution in [0.2, 0.25) is 0 Å². The molecule has 0 spiro atoms. The molecule has 23 heavy (non-hydrogen) atoms. The van der Waals surface area contributed by atoms with Crippen molar-refractivity contribution in [2.75, 3.05) is 13.1 Å². The summed E-state index contributed by atoms with van der Waals surface area (Å²) in [5.41, 5.74) is 1.96. The van der Waals surface area contributed by atoms with Crippen LogP contribution in [-0.4, -0.2) is 40.1 Å². The Morgan fingerprint density at radius 1 is 1.39 bits per heavy atom. The van der Waals surface area contributed by atoms with Crippen LogP contribution in [0.5, 0.6) is 0 Å². The van der Waals surface area contributed by atoms with Gasteiger partial charge in [-0.2, -0.15) is 0 Å². The van der Waals surface area contributed by atoms with Crippen LogP contribution in [0, 0.1) is 13.8 Å². The number of hydrogen-bond acceptors (Lipinski definition) is 4. The van der Waals surface area contributed by atoms with Crippen LogP contribution in [0.25, 0.3) is 0 Å². The van der Waals surface area contributed by atoms with Gasteiger partial charge in [0.2, 0.25) is 5.56 Å². The summed E-state index contributed by atoms with van der Waals surface area (Å²) in [5.74, 6) is -0.112. The number of nitrogens with one attached hydrogen (secondary N) is 1. The van der Waals surface area contributed by atoms with Crippen molar-refractivity contribution in [3.8, 4) is 0 Å².